The van der Waals surface area contributed by atoms with E-state index in [9.17, 15) is 24.3 Å². The number of rotatable bonds is 6. The predicted octanol–water partition coefficient (Wildman–Crippen LogP) is 3.68. The second kappa shape index (κ2) is 11.4. The second-order valence-electron chi connectivity index (χ2n) is 16.3. The fourth-order valence-electron chi connectivity index (χ4n) is 9.10. The largest absolute Gasteiger partial charge is 0.459 e. The Morgan fingerprint density at radius 2 is 1.62 bits per heavy atom. The SMILES string of the molecule is CC(=O)N[C@@H](C)C(C)(C)C(=O)O[C@@H]1C[C@@]2(O)[C@@H](OC(C)=O)[C@@H]3[C@]4(OC(C)=O)CO[C@@H]4C=C(C)[C@@]3(C)[C@@H]3OC(C)(C)O[C@@H]3C(=C1C)C2(C)C. The van der Waals surface area contributed by atoms with Gasteiger partial charge in [-0.25, -0.2) is 0 Å². The van der Waals surface area contributed by atoms with E-state index in [1.165, 1.54) is 20.8 Å². The molecule has 3 fully saturated rings. The van der Waals surface area contributed by atoms with Crippen molar-refractivity contribution in [3.05, 3.63) is 22.8 Å². The van der Waals surface area contributed by atoms with E-state index in [0.29, 0.717) is 11.1 Å². The van der Waals surface area contributed by atoms with Gasteiger partial charge in [-0.1, -0.05) is 32.4 Å². The lowest BCUT2D eigenvalue weighted by atomic mass is 9.45. The van der Waals surface area contributed by atoms with E-state index in [1.807, 2.05) is 54.5 Å². The number of hydrogen-bond acceptors (Lipinski definition) is 11. The molecule has 5 rings (SSSR count). The Hall–Kier alpha value is -2.80. The molecule has 1 amide bonds. The minimum atomic E-state index is -1.89. The smallest absolute Gasteiger partial charge is 0.314 e. The van der Waals surface area contributed by atoms with Gasteiger partial charge in [0.2, 0.25) is 5.91 Å². The van der Waals surface area contributed by atoms with Gasteiger partial charge in [0, 0.05) is 44.1 Å². The summed E-state index contributed by atoms with van der Waals surface area (Å²) in [6.45, 7) is 22.3. The van der Waals surface area contributed by atoms with Crippen LogP contribution in [0.4, 0.5) is 0 Å². The second-order valence-corrected chi connectivity index (χ2v) is 16.3. The van der Waals surface area contributed by atoms with Crippen molar-refractivity contribution in [1.29, 1.82) is 0 Å². The van der Waals surface area contributed by atoms with Crippen LogP contribution in [-0.4, -0.2) is 89.1 Å². The number of amides is 1. The van der Waals surface area contributed by atoms with E-state index >= 15 is 0 Å². The van der Waals surface area contributed by atoms with Gasteiger partial charge in [0.25, 0.3) is 0 Å². The van der Waals surface area contributed by atoms with Gasteiger partial charge in [-0.2, -0.15) is 0 Å². The van der Waals surface area contributed by atoms with Crippen LogP contribution >= 0.6 is 0 Å². The third-order valence-corrected chi connectivity index (χ3v) is 12.2. The highest BCUT2D eigenvalue weighted by molar-refractivity contribution is 5.79. The standard InChI is InChI=1S/C36H53NO11/c1-17-14-24-35(16-43-24,46-22(6)40)27-29(44-21(5)39)36(42)15-23(45-30(41)31(7,8)19(3)37-20(4)38)18(2)25(32(36,9)10)26-28(34(17,27)13)48-33(11,12)47-26/h14,19,23-24,26-29,42H,15-16H2,1-13H3,(H,37,38)/t19-,23+,24+,26+,27-,28+,29-,34+,35-,36+/m0/s1. The molecule has 268 valence electrons. The first-order valence-electron chi connectivity index (χ1n) is 16.8. The van der Waals surface area contributed by atoms with Crippen LogP contribution in [0.15, 0.2) is 22.8 Å². The summed E-state index contributed by atoms with van der Waals surface area (Å²) < 4.78 is 38.3. The highest BCUT2D eigenvalue weighted by Crippen LogP contribution is 2.67. The molecule has 2 bridgehead atoms. The normalized spacial score (nSPS) is 39.9. The summed E-state index contributed by atoms with van der Waals surface area (Å²) in [6, 6.07) is -0.563. The molecule has 0 radical (unpaired) electrons. The zero-order valence-electron chi connectivity index (χ0n) is 30.6. The van der Waals surface area contributed by atoms with Crippen molar-refractivity contribution < 1.29 is 52.7 Å². The summed E-state index contributed by atoms with van der Waals surface area (Å²) in [6.07, 6.45) is -2.58. The molecule has 1 saturated carbocycles. The van der Waals surface area contributed by atoms with Crippen LogP contribution < -0.4 is 5.32 Å². The highest BCUT2D eigenvalue weighted by Gasteiger charge is 2.77. The molecule has 2 saturated heterocycles. The lowest BCUT2D eigenvalue weighted by Crippen LogP contribution is -2.79. The number of nitrogens with one attached hydrogen (secondary N) is 1. The maximum Gasteiger partial charge on any atom is 0.314 e. The number of carbonyl (C=O) groups is 4. The Morgan fingerprint density at radius 1 is 1.00 bits per heavy atom. The van der Waals surface area contributed by atoms with Crippen molar-refractivity contribution >= 4 is 23.8 Å². The number of fused-ring (bicyclic) bond motifs is 8. The molecule has 0 spiro atoms. The van der Waals surface area contributed by atoms with Gasteiger partial charge in [0.15, 0.2) is 11.4 Å². The molecule has 0 unspecified atom stereocenters. The van der Waals surface area contributed by atoms with Crippen LogP contribution in [-0.2, 0) is 47.6 Å². The molecule has 0 aromatic heterocycles. The molecule has 3 aliphatic carbocycles. The molecular formula is C36H53NO11. The molecule has 2 heterocycles. The molecule has 2 N–H and O–H groups in total. The predicted molar refractivity (Wildman–Crippen MR) is 172 cm³/mol. The van der Waals surface area contributed by atoms with Gasteiger partial charge in [-0.3, -0.25) is 19.2 Å². The third kappa shape index (κ3) is 5.15. The molecule has 0 aromatic carbocycles. The minimum Gasteiger partial charge on any atom is -0.459 e. The summed E-state index contributed by atoms with van der Waals surface area (Å²) in [7, 11) is 0. The van der Waals surface area contributed by atoms with Crippen LogP contribution in [0.1, 0.15) is 96.4 Å². The zero-order valence-corrected chi connectivity index (χ0v) is 30.6. The van der Waals surface area contributed by atoms with Crippen molar-refractivity contribution in [2.75, 3.05) is 6.61 Å². The fourth-order valence-corrected chi connectivity index (χ4v) is 9.10. The van der Waals surface area contributed by atoms with Crippen molar-refractivity contribution in [3.8, 4) is 0 Å². The highest BCUT2D eigenvalue weighted by atomic mass is 16.8. The first kappa shape index (κ1) is 36.5. The van der Waals surface area contributed by atoms with Crippen molar-refractivity contribution in [3.63, 3.8) is 0 Å². The number of aliphatic hydroxyl groups is 1. The van der Waals surface area contributed by atoms with Crippen molar-refractivity contribution in [2.24, 2.45) is 22.2 Å². The average Bonchev–Trinajstić information content (AvgIpc) is 3.25. The molecule has 2 aliphatic heterocycles. The van der Waals surface area contributed by atoms with Crippen LogP contribution in [0.3, 0.4) is 0 Å². The van der Waals surface area contributed by atoms with E-state index in [4.69, 9.17) is 28.4 Å². The summed E-state index contributed by atoms with van der Waals surface area (Å²) in [5.41, 5.74) is -4.27. The Kier molecular flexibility index (Phi) is 8.64. The maximum atomic E-state index is 13.9. The Bertz CT molecular complexity index is 1480. The summed E-state index contributed by atoms with van der Waals surface area (Å²) >= 11 is 0. The van der Waals surface area contributed by atoms with Crippen molar-refractivity contribution in [1.82, 2.24) is 5.32 Å². The molecule has 5 aliphatic rings. The lowest BCUT2D eigenvalue weighted by Gasteiger charge is -2.67. The van der Waals surface area contributed by atoms with E-state index < -0.39 is 93.6 Å². The molecule has 48 heavy (non-hydrogen) atoms. The van der Waals surface area contributed by atoms with Gasteiger partial charge in [0.05, 0.1) is 17.9 Å². The monoisotopic (exact) mass is 675 g/mol. The molecule has 10 atom stereocenters. The van der Waals surface area contributed by atoms with Crippen LogP contribution in [0.5, 0.6) is 0 Å². The quantitative estimate of drug-likeness (QED) is 0.241. The average molecular weight is 676 g/mol. The Morgan fingerprint density at radius 3 is 2.15 bits per heavy atom. The number of hydrogen-bond donors (Lipinski definition) is 2. The Labute approximate surface area is 283 Å². The number of esters is 3. The van der Waals surface area contributed by atoms with Gasteiger partial charge in [-0.05, 0) is 59.6 Å². The molecule has 0 aromatic rings. The fraction of sp³-hybridized carbons (Fsp3) is 0.778. The van der Waals surface area contributed by atoms with Crippen LogP contribution in [0, 0.1) is 22.2 Å². The van der Waals surface area contributed by atoms with Crippen LogP contribution in [0.25, 0.3) is 0 Å². The minimum absolute atomic E-state index is 0.00651. The van der Waals surface area contributed by atoms with E-state index in [1.54, 1.807) is 20.8 Å². The van der Waals surface area contributed by atoms with Crippen molar-refractivity contribution in [2.45, 2.75) is 150 Å². The topological polar surface area (TPSA) is 156 Å². The summed E-state index contributed by atoms with van der Waals surface area (Å²) in [5.74, 6) is -4.00. The Balaban J connectivity index is 1.78. The van der Waals surface area contributed by atoms with Gasteiger partial charge in [0.1, 0.15) is 36.1 Å². The molecular weight excluding hydrogens is 622 g/mol. The molecule has 12 heteroatoms. The first-order chi connectivity index (χ1) is 21.9. The number of carbonyl (C=O) groups excluding carboxylic acids is 4. The summed E-state index contributed by atoms with van der Waals surface area (Å²) in [4.78, 5) is 51.7. The van der Waals surface area contributed by atoms with E-state index in [2.05, 4.69) is 5.32 Å². The molecule has 12 nitrogen and oxygen atoms in total. The third-order valence-electron chi connectivity index (χ3n) is 12.2. The zero-order chi connectivity index (χ0) is 36.2. The maximum absolute atomic E-state index is 13.9. The summed E-state index contributed by atoms with van der Waals surface area (Å²) in [5, 5.41) is 16.2. The van der Waals surface area contributed by atoms with Gasteiger partial charge < -0.3 is 38.8 Å². The lowest BCUT2D eigenvalue weighted by molar-refractivity contribution is -0.321. The van der Waals surface area contributed by atoms with Gasteiger partial charge in [-0.15, -0.1) is 0 Å². The number of ether oxygens (including phenoxy) is 6. The van der Waals surface area contributed by atoms with Crippen LogP contribution in [0.2, 0.25) is 0 Å². The van der Waals surface area contributed by atoms with Gasteiger partial charge >= 0.3 is 17.9 Å². The first-order valence-corrected chi connectivity index (χ1v) is 16.8. The van der Waals surface area contributed by atoms with E-state index in [0.717, 1.165) is 5.57 Å². The van der Waals surface area contributed by atoms with E-state index in [-0.39, 0.29) is 18.9 Å².